The highest BCUT2D eigenvalue weighted by Gasteiger charge is 2.25. The quantitative estimate of drug-likeness (QED) is 0.295. The van der Waals surface area contributed by atoms with Gasteiger partial charge >= 0.3 is 0 Å². The first-order valence-electron chi connectivity index (χ1n) is 13.8. The SMILES string of the molecule is CC(C)(C)c1ccc(C(=O)N2CCN(C(=O)CCCCC(c3ccc(F)cc3)c3ccc(F)cc3)CC2)cc1. The Morgan fingerprint density at radius 1 is 0.718 bits per heavy atom. The highest BCUT2D eigenvalue weighted by molar-refractivity contribution is 5.94. The normalized spacial score (nSPS) is 14.1. The molecule has 0 N–H and O–H groups in total. The molecule has 0 unspecified atom stereocenters. The van der Waals surface area contributed by atoms with Gasteiger partial charge in [0.25, 0.3) is 5.91 Å². The Kier molecular flexibility index (Phi) is 9.16. The number of benzene rings is 3. The van der Waals surface area contributed by atoms with Gasteiger partial charge in [-0.2, -0.15) is 0 Å². The van der Waals surface area contributed by atoms with Crippen molar-refractivity contribution in [3.8, 4) is 0 Å². The molecule has 1 heterocycles. The summed E-state index contributed by atoms with van der Waals surface area (Å²) in [7, 11) is 0. The van der Waals surface area contributed by atoms with E-state index in [0.717, 1.165) is 30.4 Å². The second kappa shape index (κ2) is 12.5. The molecule has 6 heteroatoms. The van der Waals surface area contributed by atoms with E-state index in [2.05, 4.69) is 20.8 Å². The van der Waals surface area contributed by atoms with Crippen LogP contribution in [-0.4, -0.2) is 47.8 Å². The molecular weight excluding hydrogens is 494 g/mol. The first kappa shape index (κ1) is 28.5. The van der Waals surface area contributed by atoms with Crippen molar-refractivity contribution in [1.29, 1.82) is 0 Å². The first-order chi connectivity index (χ1) is 18.6. The molecule has 206 valence electrons. The fraction of sp³-hybridized carbons (Fsp3) is 0.394. The topological polar surface area (TPSA) is 40.6 Å². The minimum Gasteiger partial charge on any atom is -0.339 e. The third kappa shape index (κ3) is 7.53. The fourth-order valence-electron chi connectivity index (χ4n) is 5.15. The van der Waals surface area contributed by atoms with Crippen molar-refractivity contribution >= 4 is 11.8 Å². The molecule has 0 spiro atoms. The molecule has 1 fully saturated rings. The summed E-state index contributed by atoms with van der Waals surface area (Å²) in [6, 6.07) is 20.7. The van der Waals surface area contributed by atoms with Crippen LogP contribution in [0.15, 0.2) is 72.8 Å². The van der Waals surface area contributed by atoms with Crippen LogP contribution in [0.2, 0.25) is 0 Å². The van der Waals surface area contributed by atoms with Gasteiger partial charge in [-0.05, 0) is 71.3 Å². The molecule has 0 aromatic heterocycles. The van der Waals surface area contributed by atoms with Gasteiger partial charge in [0.1, 0.15) is 11.6 Å². The summed E-state index contributed by atoms with van der Waals surface area (Å²) < 4.78 is 26.9. The van der Waals surface area contributed by atoms with E-state index in [0.29, 0.717) is 38.2 Å². The Morgan fingerprint density at radius 2 is 1.21 bits per heavy atom. The van der Waals surface area contributed by atoms with Crippen LogP contribution in [0.5, 0.6) is 0 Å². The van der Waals surface area contributed by atoms with Crippen molar-refractivity contribution in [3.63, 3.8) is 0 Å². The average Bonchev–Trinajstić information content (AvgIpc) is 2.93. The number of piperazine rings is 1. The van der Waals surface area contributed by atoms with Crippen LogP contribution in [-0.2, 0) is 10.2 Å². The summed E-state index contributed by atoms with van der Waals surface area (Å²) in [5, 5.41) is 0. The average molecular weight is 533 g/mol. The summed E-state index contributed by atoms with van der Waals surface area (Å²) in [6.45, 7) is 8.59. The Bertz CT molecular complexity index is 1200. The van der Waals surface area contributed by atoms with Gasteiger partial charge < -0.3 is 9.80 Å². The second-order valence-electron chi connectivity index (χ2n) is 11.4. The zero-order valence-electron chi connectivity index (χ0n) is 23.1. The molecular formula is C33H38F2N2O2. The standard InChI is InChI=1S/C33H38F2N2O2/c1-33(2,3)27-14-8-26(9-15-27)32(39)37-22-20-36(21-23-37)31(38)7-5-4-6-30(24-10-16-28(34)17-11-24)25-12-18-29(35)19-13-25/h8-19,30H,4-7,20-23H2,1-3H3. The highest BCUT2D eigenvalue weighted by Crippen LogP contribution is 2.30. The molecule has 0 bridgehead atoms. The van der Waals surface area contributed by atoms with Gasteiger partial charge in [0.2, 0.25) is 5.91 Å². The van der Waals surface area contributed by atoms with Crippen molar-refractivity contribution in [2.45, 2.75) is 57.8 Å². The number of carbonyl (C=O) groups excluding carboxylic acids is 2. The van der Waals surface area contributed by atoms with E-state index < -0.39 is 0 Å². The van der Waals surface area contributed by atoms with Gasteiger partial charge in [0, 0.05) is 44.1 Å². The number of hydrogen-bond donors (Lipinski definition) is 0. The van der Waals surface area contributed by atoms with E-state index in [-0.39, 0.29) is 34.8 Å². The maximum atomic E-state index is 13.5. The zero-order valence-corrected chi connectivity index (χ0v) is 23.1. The summed E-state index contributed by atoms with van der Waals surface area (Å²) in [5.41, 5.74) is 3.86. The van der Waals surface area contributed by atoms with Gasteiger partial charge in [-0.15, -0.1) is 0 Å². The molecule has 4 rings (SSSR count). The highest BCUT2D eigenvalue weighted by atomic mass is 19.1. The van der Waals surface area contributed by atoms with Gasteiger partial charge in [0.15, 0.2) is 0 Å². The molecule has 3 aromatic rings. The third-order valence-electron chi connectivity index (χ3n) is 7.60. The molecule has 2 amide bonds. The number of halogens is 2. The summed E-state index contributed by atoms with van der Waals surface area (Å²) in [6.07, 6.45) is 2.77. The van der Waals surface area contributed by atoms with Crippen LogP contribution in [0.3, 0.4) is 0 Å². The van der Waals surface area contributed by atoms with Gasteiger partial charge in [0.05, 0.1) is 0 Å². The monoisotopic (exact) mass is 532 g/mol. The van der Waals surface area contributed by atoms with Crippen molar-refractivity contribution < 1.29 is 18.4 Å². The zero-order chi connectivity index (χ0) is 28.0. The van der Waals surface area contributed by atoms with Crippen molar-refractivity contribution in [3.05, 3.63) is 107 Å². The lowest BCUT2D eigenvalue weighted by atomic mass is 9.86. The molecule has 3 aromatic carbocycles. The maximum absolute atomic E-state index is 13.5. The van der Waals surface area contributed by atoms with Crippen LogP contribution in [0, 0.1) is 11.6 Å². The molecule has 1 aliphatic rings. The third-order valence-corrected chi connectivity index (χ3v) is 7.60. The fourth-order valence-corrected chi connectivity index (χ4v) is 5.15. The van der Waals surface area contributed by atoms with Crippen molar-refractivity contribution in [1.82, 2.24) is 9.80 Å². The van der Waals surface area contributed by atoms with Crippen LogP contribution in [0.4, 0.5) is 8.78 Å². The molecule has 39 heavy (non-hydrogen) atoms. The molecule has 1 saturated heterocycles. The second-order valence-corrected chi connectivity index (χ2v) is 11.4. The maximum Gasteiger partial charge on any atom is 0.253 e. The van der Waals surface area contributed by atoms with Gasteiger partial charge in [-0.3, -0.25) is 9.59 Å². The van der Waals surface area contributed by atoms with E-state index in [4.69, 9.17) is 0 Å². The number of rotatable bonds is 8. The number of hydrogen-bond acceptors (Lipinski definition) is 2. The first-order valence-corrected chi connectivity index (χ1v) is 13.8. The van der Waals surface area contributed by atoms with E-state index >= 15 is 0 Å². The van der Waals surface area contributed by atoms with Crippen LogP contribution >= 0.6 is 0 Å². The summed E-state index contributed by atoms with van der Waals surface area (Å²) in [5.74, 6) is -0.454. The van der Waals surface area contributed by atoms with Crippen molar-refractivity contribution in [2.75, 3.05) is 26.2 Å². The largest absolute Gasteiger partial charge is 0.339 e. The Morgan fingerprint density at radius 3 is 1.69 bits per heavy atom. The molecule has 1 aliphatic heterocycles. The van der Waals surface area contributed by atoms with Crippen LogP contribution < -0.4 is 0 Å². The smallest absolute Gasteiger partial charge is 0.253 e. The van der Waals surface area contributed by atoms with E-state index in [1.807, 2.05) is 34.1 Å². The molecule has 0 saturated carbocycles. The Balaban J connectivity index is 1.25. The van der Waals surface area contributed by atoms with Crippen molar-refractivity contribution in [2.24, 2.45) is 0 Å². The van der Waals surface area contributed by atoms with Gasteiger partial charge in [-0.25, -0.2) is 8.78 Å². The minimum absolute atomic E-state index is 0.00771. The summed E-state index contributed by atoms with van der Waals surface area (Å²) >= 11 is 0. The molecule has 0 radical (unpaired) electrons. The van der Waals surface area contributed by atoms with Crippen LogP contribution in [0.25, 0.3) is 0 Å². The van der Waals surface area contributed by atoms with E-state index in [9.17, 15) is 18.4 Å². The molecule has 0 atom stereocenters. The van der Waals surface area contributed by atoms with E-state index in [1.54, 1.807) is 24.3 Å². The van der Waals surface area contributed by atoms with Crippen LogP contribution in [0.1, 0.15) is 79.4 Å². The number of amides is 2. The lowest BCUT2D eigenvalue weighted by Gasteiger charge is -2.35. The lowest BCUT2D eigenvalue weighted by molar-refractivity contribution is -0.132. The Labute approximate surface area is 230 Å². The minimum atomic E-state index is -0.289. The predicted octanol–water partition coefficient (Wildman–Crippen LogP) is 6.94. The molecule has 4 nitrogen and oxygen atoms in total. The van der Waals surface area contributed by atoms with E-state index in [1.165, 1.54) is 29.8 Å². The lowest BCUT2D eigenvalue weighted by Crippen LogP contribution is -2.50. The van der Waals surface area contributed by atoms with Gasteiger partial charge in [-0.1, -0.05) is 63.6 Å². The number of nitrogens with zero attached hydrogens (tertiary/aromatic N) is 2. The predicted molar refractivity (Wildman–Crippen MR) is 151 cm³/mol. The number of unbranched alkanes of at least 4 members (excludes halogenated alkanes) is 1. The number of carbonyl (C=O) groups is 2. The molecule has 0 aliphatic carbocycles. The summed E-state index contributed by atoms with van der Waals surface area (Å²) in [4.78, 5) is 29.5. The Hall–Kier alpha value is -3.54.